The van der Waals surface area contributed by atoms with E-state index >= 15 is 0 Å². The quantitative estimate of drug-likeness (QED) is 0.703. The lowest BCUT2D eigenvalue weighted by Gasteiger charge is -1.89. The van der Waals surface area contributed by atoms with Crippen LogP contribution < -0.4 is 0 Å². The average Bonchev–Trinajstić information content (AvgIpc) is 2.12. The van der Waals surface area contributed by atoms with Crippen molar-refractivity contribution in [1.29, 1.82) is 0 Å². The number of nitrogens with one attached hydrogen (secondary N) is 1. The van der Waals surface area contributed by atoms with Gasteiger partial charge in [-0.1, -0.05) is 6.92 Å². The highest BCUT2D eigenvalue weighted by Crippen LogP contribution is 2.17. The van der Waals surface area contributed by atoms with Gasteiger partial charge in [-0.05, 0) is 22.4 Å². The van der Waals surface area contributed by atoms with Gasteiger partial charge in [-0.3, -0.25) is 0 Å². The maximum atomic E-state index is 12.5. The van der Waals surface area contributed by atoms with Gasteiger partial charge < -0.3 is 4.98 Å². The first-order valence-electron chi connectivity index (χ1n) is 2.77. The van der Waals surface area contributed by atoms with Crippen LogP contribution in [0.15, 0.2) is 10.8 Å². The summed E-state index contributed by atoms with van der Waals surface area (Å²) in [4.78, 5) is 2.73. The van der Waals surface area contributed by atoms with Crippen molar-refractivity contribution in [2.45, 2.75) is 13.3 Å². The Morgan fingerprint density at radius 3 is 2.67 bits per heavy atom. The fourth-order valence-corrected chi connectivity index (χ4v) is 1.31. The zero-order valence-electron chi connectivity index (χ0n) is 5.04. The minimum Gasteiger partial charge on any atom is -0.353 e. The molecule has 0 fully saturated rings. The van der Waals surface area contributed by atoms with E-state index in [9.17, 15) is 4.39 Å². The van der Waals surface area contributed by atoms with Gasteiger partial charge in [0.2, 0.25) is 0 Å². The first kappa shape index (κ1) is 6.81. The molecule has 1 aromatic heterocycles. The molecule has 1 N–H and O–H groups in total. The van der Waals surface area contributed by atoms with Crippen LogP contribution in [0.25, 0.3) is 0 Å². The van der Waals surface area contributed by atoms with Crippen molar-refractivity contribution in [2.24, 2.45) is 0 Å². The van der Waals surface area contributed by atoms with Gasteiger partial charge in [-0.25, -0.2) is 4.39 Å². The molecule has 3 heteroatoms. The van der Waals surface area contributed by atoms with Crippen LogP contribution in [-0.4, -0.2) is 4.98 Å². The minimum atomic E-state index is -0.163. The van der Waals surface area contributed by atoms with E-state index in [1.807, 2.05) is 6.92 Å². The lowest BCUT2D eigenvalue weighted by molar-refractivity contribution is 0.615. The Labute approximate surface area is 61.4 Å². The summed E-state index contributed by atoms with van der Waals surface area (Å²) in [6.45, 7) is 1.91. The molecule has 1 nitrogen and oxygen atoms in total. The fourth-order valence-electron chi connectivity index (χ4n) is 0.730. The van der Waals surface area contributed by atoms with E-state index in [-0.39, 0.29) is 5.82 Å². The van der Waals surface area contributed by atoms with Crippen LogP contribution in [0.3, 0.4) is 0 Å². The van der Waals surface area contributed by atoms with Crippen molar-refractivity contribution in [3.63, 3.8) is 0 Å². The zero-order valence-corrected chi connectivity index (χ0v) is 6.63. The Morgan fingerprint density at radius 1 is 1.78 bits per heavy atom. The minimum absolute atomic E-state index is 0.163. The first-order chi connectivity index (χ1) is 4.25. The molecule has 0 atom stereocenters. The second-order valence-electron chi connectivity index (χ2n) is 1.78. The van der Waals surface area contributed by atoms with E-state index in [4.69, 9.17) is 0 Å². The lowest BCUT2D eigenvalue weighted by atomic mass is 10.3. The normalized spacial score (nSPS) is 10.1. The summed E-state index contributed by atoms with van der Waals surface area (Å²) in [6, 6.07) is 0. The number of halogens is 2. The molecule has 1 aromatic rings. The van der Waals surface area contributed by atoms with E-state index in [1.54, 1.807) is 0 Å². The Kier molecular flexibility index (Phi) is 1.90. The SMILES string of the molecule is CCc1c(F)c[nH]c1Br. The van der Waals surface area contributed by atoms with Gasteiger partial charge in [0.05, 0.1) is 4.60 Å². The summed E-state index contributed by atoms with van der Waals surface area (Å²) in [7, 11) is 0. The number of aromatic amines is 1. The molecule has 0 aliphatic heterocycles. The largest absolute Gasteiger partial charge is 0.353 e. The number of H-pyrrole nitrogens is 1. The van der Waals surface area contributed by atoms with Crippen molar-refractivity contribution in [3.05, 3.63) is 22.2 Å². The molecule has 1 rings (SSSR count). The molecular formula is C6H7BrFN. The average molecular weight is 192 g/mol. The summed E-state index contributed by atoms with van der Waals surface area (Å²) in [5.74, 6) is -0.163. The maximum absolute atomic E-state index is 12.5. The predicted molar refractivity (Wildman–Crippen MR) is 37.8 cm³/mol. The van der Waals surface area contributed by atoms with Crippen LogP contribution in [0, 0.1) is 5.82 Å². The molecule has 9 heavy (non-hydrogen) atoms. The fraction of sp³-hybridized carbons (Fsp3) is 0.333. The van der Waals surface area contributed by atoms with Crippen LogP contribution in [0.2, 0.25) is 0 Å². The van der Waals surface area contributed by atoms with E-state index in [0.717, 1.165) is 16.6 Å². The van der Waals surface area contributed by atoms with Crippen molar-refractivity contribution < 1.29 is 4.39 Å². The molecule has 0 aromatic carbocycles. The van der Waals surface area contributed by atoms with Gasteiger partial charge in [0.25, 0.3) is 0 Å². The Hall–Kier alpha value is -0.310. The molecular weight excluding hydrogens is 185 g/mol. The maximum Gasteiger partial charge on any atom is 0.144 e. The smallest absolute Gasteiger partial charge is 0.144 e. The third-order valence-corrected chi connectivity index (χ3v) is 1.94. The molecule has 0 unspecified atom stereocenters. The van der Waals surface area contributed by atoms with Crippen molar-refractivity contribution in [1.82, 2.24) is 4.98 Å². The molecule has 0 aliphatic rings. The molecule has 0 saturated carbocycles. The van der Waals surface area contributed by atoms with Gasteiger partial charge in [0.1, 0.15) is 5.82 Å². The van der Waals surface area contributed by atoms with Gasteiger partial charge in [-0.2, -0.15) is 0 Å². The van der Waals surface area contributed by atoms with Gasteiger partial charge >= 0.3 is 0 Å². The third kappa shape index (κ3) is 1.15. The number of aromatic nitrogens is 1. The standard InChI is InChI=1S/C6H7BrFN/c1-2-4-5(8)3-9-6(4)7/h3,9H,2H2,1H3. The van der Waals surface area contributed by atoms with Crippen molar-refractivity contribution >= 4 is 15.9 Å². The summed E-state index contributed by atoms with van der Waals surface area (Å²) < 4.78 is 13.3. The van der Waals surface area contributed by atoms with Crippen LogP contribution >= 0.6 is 15.9 Å². The Bertz CT molecular complexity index is 187. The van der Waals surface area contributed by atoms with E-state index in [2.05, 4.69) is 20.9 Å². The van der Waals surface area contributed by atoms with Crippen molar-refractivity contribution in [3.8, 4) is 0 Å². The molecule has 0 spiro atoms. The van der Waals surface area contributed by atoms with Crippen LogP contribution in [0.5, 0.6) is 0 Å². The monoisotopic (exact) mass is 191 g/mol. The molecule has 1 heterocycles. The van der Waals surface area contributed by atoms with Crippen LogP contribution in [0.4, 0.5) is 4.39 Å². The molecule has 0 amide bonds. The summed E-state index contributed by atoms with van der Waals surface area (Å²) in [6.07, 6.45) is 2.07. The lowest BCUT2D eigenvalue weighted by Crippen LogP contribution is -1.79. The van der Waals surface area contributed by atoms with Gasteiger partial charge in [0.15, 0.2) is 0 Å². The number of rotatable bonds is 1. The van der Waals surface area contributed by atoms with Crippen LogP contribution in [-0.2, 0) is 6.42 Å². The van der Waals surface area contributed by atoms with Crippen molar-refractivity contribution in [2.75, 3.05) is 0 Å². The predicted octanol–water partition coefficient (Wildman–Crippen LogP) is 2.48. The Morgan fingerprint density at radius 2 is 2.44 bits per heavy atom. The number of hydrogen-bond donors (Lipinski definition) is 1. The number of hydrogen-bond acceptors (Lipinski definition) is 0. The van der Waals surface area contributed by atoms with Gasteiger partial charge in [-0.15, -0.1) is 0 Å². The van der Waals surface area contributed by atoms with Gasteiger partial charge in [0, 0.05) is 11.8 Å². The van der Waals surface area contributed by atoms with E-state index in [1.165, 1.54) is 6.20 Å². The highest BCUT2D eigenvalue weighted by Gasteiger charge is 2.04. The molecule has 0 aliphatic carbocycles. The van der Waals surface area contributed by atoms with E-state index in [0.29, 0.717) is 0 Å². The first-order valence-corrected chi connectivity index (χ1v) is 3.56. The molecule has 0 radical (unpaired) electrons. The molecule has 50 valence electrons. The summed E-state index contributed by atoms with van der Waals surface area (Å²) in [5, 5.41) is 0. The third-order valence-electron chi connectivity index (χ3n) is 1.23. The molecule has 0 saturated heterocycles. The summed E-state index contributed by atoms with van der Waals surface area (Å²) in [5.41, 5.74) is 0.718. The second kappa shape index (κ2) is 2.52. The van der Waals surface area contributed by atoms with E-state index < -0.39 is 0 Å². The highest BCUT2D eigenvalue weighted by atomic mass is 79.9. The topological polar surface area (TPSA) is 15.8 Å². The molecule has 0 bridgehead atoms. The van der Waals surface area contributed by atoms with Crippen LogP contribution in [0.1, 0.15) is 12.5 Å². The highest BCUT2D eigenvalue weighted by molar-refractivity contribution is 9.10. The zero-order chi connectivity index (χ0) is 6.85. The summed E-state index contributed by atoms with van der Waals surface area (Å²) >= 11 is 3.18. The second-order valence-corrected chi connectivity index (χ2v) is 2.58. The Balaban J connectivity index is 3.07.